The average molecular weight is 334 g/mol. The maximum absolute atomic E-state index is 12.6. The van der Waals surface area contributed by atoms with E-state index in [0.717, 1.165) is 55.6 Å². The van der Waals surface area contributed by atoms with Crippen LogP contribution < -0.4 is 4.90 Å². The van der Waals surface area contributed by atoms with Crippen LogP contribution in [0.2, 0.25) is 0 Å². The number of nitrogens with zero attached hydrogens (tertiary/aromatic N) is 4. The van der Waals surface area contributed by atoms with Gasteiger partial charge >= 0.3 is 0 Å². The molecule has 1 amide bonds. The third-order valence-electron chi connectivity index (χ3n) is 5.45. The molecule has 5 nitrogen and oxygen atoms in total. The van der Waals surface area contributed by atoms with Gasteiger partial charge in [0, 0.05) is 43.2 Å². The highest BCUT2D eigenvalue weighted by atomic mass is 16.2. The van der Waals surface area contributed by atoms with Crippen LogP contribution in [0.4, 0.5) is 5.69 Å². The molecule has 4 rings (SSSR count). The quantitative estimate of drug-likeness (QED) is 0.847. The van der Waals surface area contributed by atoms with Crippen molar-refractivity contribution in [3.05, 3.63) is 36.0 Å². The highest BCUT2D eigenvalue weighted by molar-refractivity contribution is 5.92. The van der Waals surface area contributed by atoms with Crippen molar-refractivity contribution < 1.29 is 4.79 Å². The number of para-hydroxylation sites is 1. The molecule has 0 spiro atoms. The summed E-state index contributed by atoms with van der Waals surface area (Å²) in [4.78, 5) is 21.3. The first-order valence-electron chi connectivity index (χ1n) is 9.10. The molecule has 1 aliphatic carbocycles. The molecule has 1 aliphatic heterocycles. The van der Waals surface area contributed by atoms with Crippen molar-refractivity contribution in [2.24, 2.45) is 5.92 Å². The monoisotopic (exact) mass is 334 g/mol. The lowest BCUT2D eigenvalue weighted by atomic mass is 10.1. The minimum Gasteiger partial charge on any atom is -0.367 e. The molecule has 5 heteroatoms. The highest BCUT2D eigenvalue weighted by Crippen LogP contribution is 2.29. The fourth-order valence-electron chi connectivity index (χ4n) is 4.07. The van der Waals surface area contributed by atoms with Crippen LogP contribution in [0.15, 0.2) is 30.3 Å². The van der Waals surface area contributed by atoms with E-state index >= 15 is 0 Å². The minimum absolute atomic E-state index is 0.249. The van der Waals surface area contributed by atoms with Crippen molar-refractivity contribution >= 4 is 22.5 Å². The summed E-state index contributed by atoms with van der Waals surface area (Å²) in [5, 5.41) is 10.3. The van der Waals surface area contributed by atoms with E-state index in [-0.39, 0.29) is 5.92 Å². The lowest BCUT2D eigenvalue weighted by Crippen LogP contribution is -2.50. The smallest absolute Gasteiger partial charge is 0.225 e. The van der Waals surface area contributed by atoms with Crippen molar-refractivity contribution in [1.29, 1.82) is 5.26 Å². The van der Waals surface area contributed by atoms with E-state index in [1.807, 2.05) is 29.2 Å². The Hall–Kier alpha value is -2.61. The molecule has 1 aromatic carbocycles. The van der Waals surface area contributed by atoms with Gasteiger partial charge in [0.2, 0.25) is 5.91 Å². The predicted molar refractivity (Wildman–Crippen MR) is 97.2 cm³/mol. The molecule has 0 N–H and O–H groups in total. The zero-order valence-corrected chi connectivity index (χ0v) is 14.3. The Morgan fingerprint density at radius 2 is 1.84 bits per heavy atom. The molecular formula is C20H22N4O. The topological polar surface area (TPSA) is 60.2 Å². The molecule has 2 heterocycles. The summed E-state index contributed by atoms with van der Waals surface area (Å²) in [6, 6.07) is 12.0. The van der Waals surface area contributed by atoms with Gasteiger partial charge in [-0.1, -0.05) is 31.0 Å². The standard InChI is InChI=1S/C20H22N4O/c21-14-16-13-19(17-7-3-4-8-18(17)22-16)23-9-11-24(12-10-23)20(25)15-5-1-2-6-15/h3-4,7-8,13,15H,1-2,5-6,9-12H2. The largest absolute Gasteiger partial charge is 0.367 e. The summed E-state index contributed by atoms with van der Waals surface area (Å²) in [7, 11) is 0. The van der Waals surface area contributed by atoms with Crippen LogP contribution in [0.25, 0.3) is 10.9 Å². The highest BCUT2D eigenvalue weighted by Gasteiger charge is 2.29. The van der Waals surface area contributed by atoms with E-state index in [0.29, 0.717) is 11.6 Å². The number of anilines is 1. The lowest BCUT2D eigenvalue weighted by Gasteiger charge is -2.37. The van der Waals surface area contributed by atoms with Gasteiger partial charge in [0.25, 0.3) is 0 Å². The Morgan fingerprint density at radius 1 is 1.12 bits per heavy atom. The number of carbonyl (C=O) groups is 1. The molecule has 2 aliphatic rings. The van der Waals surface area contributed by atoms with Crippen molar-refractivity contribution in [2.75, 3.05) is 31.1 Å². The summed E-state index contributed by atoms with van der Waals surface area (Å²) in [5.41, 5.74) is 2.34. The number of rotatable bonds is 2. The fraction of sp³-hybridized carbons (Fsp3) is 0.450. The van der Waals surface area contributed by atoms with Gasteiger partial charge in [0.05, 0.1) is 5.52 Å². The number of hydrogen-bond acceptors (Lipinski definition) is 4. The molecular weight excluding hydrogens is 312 g/mol. The maximum atomic E-state index is 12.6. The summed E-state index contributed by atoms with van der Waals surface area (Å²) in [6.07, 6.45) is 4.49. The van der Waals surface area contributed by atoms with Crippen LogP contribution in [0, 0.1) is 17.2 Å². The first kappa shape index (κ1) is 15.9. The SMILES string of the molecule is N#Cc1cc(N2CCN(C(=O)C3CCCC3)CC2)c2ccccc2n1. The third-order valence-corrected chi connectivity index (χ3v) is 5.45. The first-order valence-corrected chi connectivity index (χ1v) is 9.10. The molecule has 1 saturated carbocycles. The van der Waals surface area contributed by atoms with Crippen LogP contribution in [0.5, 0.6) is 0 Å². The maximum Gasteiger partial charge on any atom is 0.225 e. The fourth-order valence-corrected chi connectivity index (χ4v) is 4.07. The van der Waals surface area contributed by atoms with Crippen molar-refractivity contribution in [2.45, 2.75) is 25.7 Å². The molecule has 0 bridgehead atoms. The third kappa shape index (κ3) is 3.05. The number of aromatic nitrogens is 1. The van der Waals surface area contributed by atoms with Crippen LogP contribution >= 0.6 is 0 Å². The Kier molecular flexibility index (Phi) is 4.27. The molecule has 128 valence electrons. The van der Waals surface area contributed by atoms with Gasteiger partial charge in [-0.15, -0.1) is 0 Å². The van der Waals surface area contributed by atoms with E-state index in [4.69, 9.17) is 0 Å². The van der Waals surface area contributed by atoms with E-state index in [1.54, 1.807) is 0 Å². The second-order valence-electron chi connectivity index (χ2n) is 6.95. The van der Waals surface area contributed by atoms with Gasteiger partial charge in [-0.25, -0.2) is 4.98 Å². The summed E-state index contributed by atoms with van der Waals surface area (Å²) in [6.45, 7) is 3.12. The van der Waals surface area contributed by atoms with Gasteiger partial charge in [-0.3, -0.25) is 4.79 Å². The molecule has 0 unspecified atom stereocenters. The first-order chi connectivity index (χ1) is 12.3. The Morgan fingerprint density at radius 3 is 2.56 bits per heavy atom. The Bertz CT molecular complexity index is 827. The molecule has 2 fully saturated rings. The van der Waals surface area contributed by atoms with Gasteiger partial charge in [0.15, 0.2) is 0 Å². The second-order valence-corrected chi connectivity index (χ2v) is 6.95. The number of amides is 1. The van der Waals surface area contributed by atoms with Gasteiger partial charge in [0.1, 0.15) is 11.8 Å². The number of benzene rings is 1. The zero-order valence-electron chi connectivity index (χ0n) is 14.3. The van der Waals surface area contributed by atoms with E-state index < -0.39 is 0 Å². The predicted octanol–water partition coefficient (Wildman–Crippen LogP) is 2.95. The van der Waals surface area contributed by atoms with Crippen LogP contribution in [-0.4, -0.2) is 42.0 Å². The average Bonchev–Trinajstić information content (AvgIpc) is 3.21. The number of carbonyl (C=O) groups excluding carboxylic acids is 1. The van der Waals surface area contributed by atoms with Crippen molar-refractivity contribution in [3.8, 4) is 6.07 Å². The lowest BCUT2D eigenvalue weighted by molar-refractivity contribution is -0.135. The summed E-state index contributed by atoms with van der Waals surface area (Å²) in [5.74, 6) is 0.591. The molecule has 0 radical (unpaired) electrons. The molecule has 1 saturated heterocycles. The summed E-state index contributed by atoms with van der Waals surface area (Å²) >= 11 is 0. The van der Waals surface area contributed by atoms with Crippen LogP contribution in [0.3, 0.4) is 0 Å². The van der Waals surface area contributed by atoms with Crippen molar-refractivity contribution in [3.63, 3.8) is 0 Å². The normalized spacial score (nSPS) is 18.5. The van der Waals surface area contributed by atoms with Gasteiger partial charge in [-0.05, 0) is 25.0 Å². The Balaban J connectivity index is 1.54. The van der Waals surface area contributed by atoms with E-state index in [9.17, 15) is 10.1 Å². The number of piperazine rings is 1. The number of pyridine rings is 1. The summed E-state index contributed by atoms with van der Waals surface area (Å²) < 4.78 is 0. The number of nitriles is 1. The van der Waals surface area contributed by atoms with Gasteiger partial charge < -0.3 is 9.80 Å². The van der Waals surface area contributed by atoms with Crippen LogP contribution in [0.1, 0.15) is 31.4 Å². The molecule has 2 aromatic rings. The van der Waals surface area contributed by atoms with Crippen LogP contribution in [-0.2, 0) is 4.79 Å². The Labute approximate surface area is 147 Å². The second kappa shape index (κ2) is 6.72. The van der Waals surface area contributed by atoms with Crippen molar-refractivity contribution in [1.82, 2.24) is 9.88 Å². The molecule has 1 aromatic heterocycles. The minimum atomic E-state index is 0.249. The zero-order chi connectivity index (χ0) is 17.2. The number of fused-ring (bicyclic) bond motifs is 1. The van der Waals surface area contributed by atoms with E-state index in [1.165, 1.54) is 12.8 Å². The molecule has 25 heavy (non-hydrogen) atoms. The molecule has 0 atom stereocenters. The van der Waals surface area contributed by atoms with Gasteiger partial charge in [-0.2, -0.15) is 5.26 Å². The number of hydrogen-bond donors (Lipinski definition) is 0. The van der Waals surface area contributed by atoms with E-state index in [2.05, 4.69) is 22.0 Å².